The molecule has 0 spiro atoms. The minimum Gasteiger partial charge on any atom is -0.506 e. The molecule has 0 aliphatic heterocycles. The maximum atomic E-state index is 12.2. The molecule has 1 saturated carbocycles. The summed E-state index contributed by atoms with van der Waals surface area (Å²) in [4.78, 5) is 16.5. The number of ketones is 1. The van der Waals surface area contributed by atoms with Crippen LogP contribution in [0, 0.1) is 0 Å². The molecule has 2 N–H and O–H groups in total. The zero-order chi connectivity index (χ0) is 16.1. The van der Waals surface area contributed by atoms with E-state index in [1.807, 2.05) is 6.07 Å². The van der Waals surface area contributed by atoms with Gasteiger partial charge in [0.15, 0.2) is 5.78 Å². The number of Topliss-reactive ketones (excluding diaryl/α,β-unsaturated/α-hetero) is 1. The molecule has 4 nitrogen and oxygen atoms in total. The largest absolute Gasteiger partial charge is 0.506 e. The summed E-state index contributed by atoms with van der Waals surface area (Å²) < 4.78 is 0. The van der Waals surface area contributed by atoms with Crippen molar-refractivity contribution < 1.29 is 9.90 Å². The third-order valence-electron chi connectivity index (χ3n) is 4.65. The lowest BCUT2D eigenvalue weighted by Crippen LogP contribution is -2.31. The van der Waals surface area contributed by atoms with Gasteiger partial charge in [-0.3, -0.25) is 9.79 Å². The quantitative estimate of drug-likeness (QED) is 0.624. The number of nitrogens with zero attached hydrogens (tertiary/aromatic N) is 1. The van der Waals surface area contributed by atoms with Crippen molar-refractivity contribution in [3.63, 3.8) is 0 Å². The van der Waals surface area contributed by atoms with Crippen molar-refractivity contribution in [1.29, 1.82) is 0 Å². The Labute approximate surface area is 137 Å². The Morgan fingerprint density at radius 2 is 1.91 bits per heavy atom. The molecule has 0 heterocycles. The maximum absolute atomic E-state index is 12.2. The van der Waals surface area contributed by atoms with Crippen LogP contribution in [0.4, 0.5) is 0 Å². The third-order valence-corrected chi connectivity index (χ3v) is 4.65. The van der Waals surface area contributed by atoms with Gasteiger partial charge in [-0.2, -0.15) is 0 Å². The molecule has 0 aromatic heterocycles. The van der Waals surface area contributed by atoms with Crippen LogP contribution >= 0.6 is 0 Å². The van der Waals surface area contributed by atoms with Gasteiger partial charge in [0.1, 0.15) is 5.76 Å². The molecular weight excluding hydrogens is 288 g/mol. The molecule has 0 unspecified atom stereocenters. The Kier molecular flexibility index (Phi) is 5.23. The van der Waals surface area contributed by atoms with Gasteiger partial charge in [-0.25, -0.2) is 0 Å². The summed E-state index contributed by atoms with van der Waals surface area (Å²) >= 11 is 0. The maximum Gasteiger partial charge on any atom is 0.199 e. The molecule has 1 fully saturated rings. The van der Waals surface area contributed by atoms with Crippen molar-refractivity contribution in [2.45, 2.75) is 44.6 Å². The molecule has 2 aliphatic carbocycles. The van der Waals surface area contributed by atoms with Crippen molar-refractivity contribution >= 4 is 17.8 Å². The number of fused-ring (bicyclic) bond motifs is 1. The Morgan fingerprint density at radius 1 is 1.17 bits per heavy atom. The van der Waals surface area contributed by atoms with Gasteiger partial charge in [-0.15, -0.1) is 0 Å². The van der Waals surface area contributed by atoms with E-state index >= 15 is 0 Å². The first kappa shape index (κ1) is 15.9. The van der Waals surface area contributed by atoms with Crippen LogP contribution in [-0.2, 0) is 0 Å². The van der Waals surface area contributed by atoms with E-state index in [-0.39, 0.29) is 11.5 Å². The topological polar surface area (TPSA) is 61.7 Å². The number of carbonyl (C=O) groups is 1. The number of aliphatic imine (C=N–C) groups is 1. The molecular formula is C19H24N2O2. The smallest absolute Gasteiger partial charge is 0.199 e. The molecule has 23 heavy (non-hydrogen) atoms. The normalized spacial score (nSPS) is 18.9. The van der Waals surface area contributed by atoms with Crippen LogP contribution in [0.25, 0.3) is 5.76 Å². The minimum absolute atomic E-state index is 0.0506. The summed E-state index contributed by atoms with van der Waals surface area (Å²) in [6.45, 7) is 1.63. The second-order valence-electron chi connectivity index (χ2n) is 6.31. The lowest BCUT2D eigenvalue weighted by Gasteiger charge is -2.22. The number of aliphatic hydroxyl groups excluding tert-OH is 1. The summed E-state index contributed by atoms with van der Waals surface area (Å²) in [5.41, 5.74) is 1.48. The Hall–Kier alpha value is -1.94. The third kappa shape index (κ3) is 3.70. The molecule has 0 atom stereocenters. The molecule has 0 amide bonds. The monoisotopic (exact) mass is 312 g/mol. The van der Waals surface area contributed by atoms with Crippen molar-refractivity contribution in [3.05, 3.63) is 41.0 Å². The summed E-state index contributed by atoms with van der Waals surface area (Å²) in [5, 5.41) is 13.7. The second-order valence-corrected chi connectivity index (χ2v) is 6.31. The number of aliphatic hydroxyl groups is 1. The lowest BCUT2D eigenvalue weighted by atomic mass is 9.95. The summed E-state index contributed by atoms with van der Waals surface area (Å²) in [7, 11) is 0. The zero-order valence-corrected chi connectivity index (χ0v) is 13.4. The number of nitrogens with one attached hydrogen (secondary N) is 1. The lowest BCUT2D eigenvalue weighted by molar-refractivity contribution is 0.104. The van der Waals surface area contributed by atoms with Gasteiger partial charge in [0.05, 0.1) is 5.57 Å². The molecule has 0 saturated heterocycles. The first-order chi connectivity index (χ1) is 11.3. The number of hydrogen-bond donors (Lipinski definition) is 2. The average Bonchev–Trinajstić information content (AvgIpc) is 2.84. The molecule has 1 aromatic carbocycles. The van der Waals surface area contributed by atoms with Gasteiger partial charge in [0.25, 0.3) is 0 Å². The fourth-order valence-corrected chi connectivity index (χ4v) is 3.34. The van der Waals surface area contributed by atoms with Crippen LogP contribution in [0.3, 0.4) is 0 Å². The van der Waals surface area contributed by atoms with Gasteiger partial charge in [-0.05, 0) is 25.8 Å². The van der Waals surface area contributed by atoms with E-state index in [0.29, 0.717) is 29.3 Å². The summed E-state index contributed by atoms with van der Waals surface area (Å²) in [6.07, 6.45) is 9.10. The highest BCUT2D eigenvalue weighted by atomic mass is 16.3. The highest BCUT2D eigenvalue weighted by Gasteiger charge is 2.27. The zero-order valence-electron chi connectivity index (χ0n) is 13.4. The number of hydrogen-bond acceptors (Lipinski definition) is 4. The second kappa shape index (κ2) is 7.55. The molecule has 0 bridgehead atoms. The molecule has 0 radical (unpaired) electrons. The van der Waals surface area contributed by atoms with E-state index in [9.17, 15) is 9.90 Å². The fraction of sp³-hybridized carbons (Fsp3) is 0.474. The SMILES string of the molecule is O=C1C(C=NCCCNC2CCCCC2)=C(O)c2ccccc21. The van der Waals surface area contributed by atoms with Crippen LogP contribution in [0.5, 0.6) is 0 Å². The Balaban J connectivity index is 1.46. The predicted octanol–water partition coefficient (Wildman–Crippen LogP) is 3.54. The van der Waals surface area contributed by atoms with Crippen LogP contribution in [-0.4, -0.2) is 36.2 Å². The summed E-state index contributed by atoms with van der Waals surface area (Å²) in [5.74, 6) is -0.0862. The van der Waals surface area contributed by atoms with Gasteiger partial charge in [0.2, 0.25) is 0 Å². The fourth-order valence-electron chi connectivity index (χ4n) is 3.34. The van der Waals surface area contributed by atoms with E-state index in [1.165, 1.54) is 38.3 Å². The Morgan fingerprint density at radius 3 is 2.65 bits per heavy atom. The standard InChI is InChI=1S/C19H24N2O2/c22-18-15-9-4-5-10-16(15)19(23)17(18)13-20-11-6-12-21-14-7-2-1-3-8-14/h4-5,9-10,13-14,21-22H,1-3,6-8,11-12H2. The number of rotatable bonds is 6. The van der Waals surface area contributed by atoms with E-state index in [4.69, 9.17) is 0 Å². The predicted molar refractivity (Wildman–Crippen MR) is 93.2 cm³/mol. The minimum atomic E-state index is -0.137. The van der Waals surface area contributed by atoms with E-state index in [1.54, 1.807) is 18.2 Å². The van der Waals surface area contributed by atoms with Crippen molar-refractivity contribution in [2.24, 2.45) is 4.99 Å². The first-order valence-corrected chi connectivity index (χ1v) is 8.58. The van der Waals surface area contributed by atoms with Crippen molar-refractivity contribution in [1.82, 2.24) is 5.32 Å². The van der Waals surface area contributed by atoms with Crippen LogP contribution < -0.4 is 5.32 Å². The van der Waals surface area contributed by atoms with E-state index in [0.717, 1.165) is 13.0 Å². The van der Waals surface area contributed by atoms with Crippen LogP contribution in [0.2, 0.25) is 0 Å². The number of allylic oxidation sites excluding steroid dienone is 1. The molecule has 1 aromatic rings. The van der Waals surface area contributed by atoms with Gasteiger partial charge < -0.3 is 10.4 Å². The number of carbonyl (C=O) groups excluding carboxylic acids is 1. The molecule has 2 aliphatic rings. The van der Waals surface area contributed by atoms with Crippen LogP contribution in [0.15, 0.2) is 34.8 Å². The van der Waals surface area contributed by atoms with Crippen molar-refractivity contribution in [2.75, 3.05) is 13.1 Å². The first-order valence-electron chi connectivity index (χ1n) is 8.58. The van der Waals surface area contributed by atoms with Gasteiger partial charge >= 0.3 is 0 Å². The van der Waals surface area contributed by atoms with Gasteiger partial charge in [-0.1, -0.05) is 43.5 Å². The summed E-state index contributed by atoms with van der Waals surface area (Å²) in [6, 6.07) is 7.80. The van der Waals surface area contributed by atoms with E-state index < -0.39 is 0 Å². The van der Waals surface area contributed by atoms with Gasteiger partial charge in [0, 0.05) is 29.9 Å². The van der Waals surface area contributed by atoms with E-state index in [2.05, 4.69) is 10.3 Å². The molecule has 122 valence electrons. The average molecular weight is 312 g/mol. The highest BCUT2D eigenvalue weighted by molar-refractivity contribution is 6.30. The molecule has 3 rings (SSSR count). The van der Waals surface area contributed by atoms with Crippen molar-refractivity contribution in [3.8, 4) is 0 Å². The molecule has 4 heteroatoms. The van der Waals surface area contributed by atoms with Crippen LogP contribution in [0.1, 0.15) is 54.4 Å². The number of benzene rings is 1. The Bertz CT molecular complexity index is 628. The highest BCUT2D eigenvalue weighted by Crippen LogP contribution is 2.29.